The molecule has 2 aliphatic heterocycles. The van der Waals surface area contributed by atoms with Crippen LogP contribution in [0.2, 0.25) is 10.0 Å². The number of benzene rings is 1. The van der Waals surface area contributed by atoms with Gasteiger partial charge in [0, 0.05) is 55.3 Å². The van der Waals surface area contributed by atoms with E-state index < -0.39 is 0 Å². The number of aromatic nitrogens is 4. The molecule has 1 atom stereocenters. The minimum atomic E-state index is 0.0940. The van der Waals surface area contributed by atoms with Crippen molar-refractivity contribution in [3.63, 3.8) is 0 Å². The van der Waals surface area contributed by atoms with Gasteiger partial charge in [0.05, 0.1) is 16.9 Å². The van der Waals surface area contributed by atoms with E-state index in [0.29, 0.717) is 41.3 Å². The molecule has 0 spiro atoms. The number of hydrogen-bond acceptors (Lipinski definition) is 5. The Morgan fingerprint density at radius 2 is 1.90 bits per heavy atom. The number of likely N-dealkylation sites (tertiary alicyclic amines) is 2. The van der Waals surface area contributed by atoms with Gasteiger partial charge in [-0.25, -0.2) is 9.78 Å². The third-order valence-corrected chi connectivity index (χ3v) is 6.35. The number of aromatic amines is 1. The van der Waals surface area contributed by atoms with Crippen LogP contribution in [0, 0.1) is 0 Å². The zero-order valence-electron chi connectivity index (χ0n) is 16.5. The Balaban J connectivity index is 1.14. The van der Waals surface area contributed by atoms with Crippen molar-refractivity contribution in [2.75, 3.05) is 26.2 Å². The molecule has 0 unspecified atom stereocenters. The number of H-pyrrole nitrogens is 1. The maximum atomic E-state index is 12.8. The molecular weight excluding hydrogens is 439 g/mol. The predicted octanol–water partition coefficient (Wildman–Crippen LogP) is 4.31. The Kier molecular flexibility index (Phi) is 5.41. The summed E-state index contributed by atoms with van der Waals surface area (Å²) in [6.07, 6.45) is 4.46. The summed E-state index contributed by atoms with van der Waals surface area (Å²) in [5.74, 6) is 1.51. The Morgan fingerprint density at radius 1 is 1.06 bits per heavy atom. The molecular formula is C21H20Cl2N6O2. The zero-order chi connectivity index (χ0) is 21.4. The molecule has 8 nitrogen and oxygen atoms in total. The Hall–Kier alpha value is -2.84. The number of carbonyl (C=O) groups excluding carboxylic acids is 1. The topological polar surface area (TPSA) is 87.2 Å². The summed E-state index contributed by atoms with van der Waals surface area (Å²) in [5, 5.41) is 11.5. The van der Waals surface area contributed by atoms with Crippen molar-refractivity contribution < 1.29 is 9.53 Å². The molecule has 0 radical (unpaired) electrons. The lowest BCUT2D eigenvalue weighted by molar-refractivity contribution is 0.121. The smallest absolute Gasteiger partial charge is 0.320 e. The van der Waals surface area contributed by atoms with Crippen molar-refractivity contribution in [3.8, 4) is 11.6 Å². The van der Waals surface area contributed by atoms with Crippen molar-refractivity contribution in [1.82, 2.24) is 30.2 Å². The van der Waals surface area contributed by atoms with Crippen molar-refractivity contribution in [1.29, 1.82) is 0 Å². The highest BCUT2D eigenvalue weighted by Gasteiger charge is 2.37. The van der Waals surface area contributed by atoms with Gasteiger partial charge in [-0.3, -0.25) is 5.10 Å². The van der Waals surface area contributed by atoms with E-state index in [1.807, 2.05) is 21.9 Å². The first-order chi connectivity index (χ1) is 15.1. The van der Waals surface area contributed by atoms with Crippen LogP contribution in [0.1, 0.15) is 29.5 Å². The number of pyridine rings is 1. The van der Waals surface area contributed by atoms with Crippen LogP contribution in [0.4, 0.5) is 4.79 Å². The minimum Gasteiger partial charge on any atom is -0.437 e. The lowest BCUT2D eigenvalue weighted by atomic mass is 9.93. The quantitative estimate of drug-likeness (QED) is 0.629. The van der Waals surface area contributed by atoms with Crippen LogP contribution in [0.3, 0.4) is 0 Å². The second kappa shape index (κ2) is 8.36. The van der Waals surface area contributed by atoms with Gasteiger partial charge >= 0.3 is 6.03 Å². The van der Waals surface area contributed by atoms with E-state index in [1.165, 1.54) is 0 Å². The van der Waals surface area contributed by atoms with Gasteiger partial charge in [-0.1, -0.05) is 34.5 Å². The van der Waals surface area contributed by atoms with Crippen molar-refractivity contribution in [2.45, 2.75) is 18.3 Å². The molecule has 2 saturated heterocycles. The molecule has 2 fully saturated rings. The first kappa shape index (κ1) is 20.1. The average Bonchev–Trinajstić information content (AvgIpc) is 3.41. The first-order valence-electron chi connectivity index (χ1n) is 10.1. The highest BCUT2D eigenvalue weighted by atomic mass is 35.5. The SMILES string of the molecule is O=C(N1CC(c2ccc(Oc3ccc(Cl)cc3Cl)nc2)C1)N1CC[C@H](c2cnn[nH]2)C1. The molecule has 0 aliphatic carbocycles. The van der Waals surface area contributed by atoms with E-state index in [0.717, 1.165) is 24.2 Å². The molecule has 2 amide bonds. The molecule has 31 heavy (non-hydrogen) atoms. The standard InChI is InChI=1S/C21H20Cl2N6O2/c22-16-2-3-19(17(23)7-16)31-20-4-1-13(8-24-20)15-11-29(12-15)21(30)28-6-5-14(10-28)18-9-25-27-26-18/h1-4,7-9,14-15H,5-6,10-12H2,(H,25,26,27)/t14-/m0/s1. The fourth-order valence-electron chi connectivity index (χ4n) is 4.00. The zero-order valence-corrected chi connectivity index (χ0v) is 18.1. The molecule has 5 rings (SSSR count). The number of halogens is 2. The summed E-state index contributed by atoms with van der Waals surface area (Å²) >= 11 is 12.1. The van der Waals surface area contributed by atoms with Crippen LogP contribution < -0.4 is 4.74 Å². The highest BCUT2D eigenvalue weighted by Crippen LogP contribution is 2.33. The third-order valence-electron chi connectivity index (χ3n) is 5.82. The fraction of sp³-hybridized carbons (Fsp3) is 0.333. The summed E-state index contributed by atoms with van der Waals surface area (Å²) in [7, 11) is 0. The van der Waals surface area contributed by atoms with E-state index in [-0.39, 0.29) is 17.9 Å². The van der Waals surface area contributed by atoms with Crippen molar-refractivity contribution in [2.24, 2.45) is 0 Å². The predicted molar refractivity (Wildman–Crippen MR) is 116 cm³/mol. The molecule has 2 aliphatic rings. The minimum absolute atomic E-state index is 0.0940. The number of nitrogens with zero attached hydrogens (tertiary/aromatic N) is 5. The van der Waals surface area contributed by atoms with Gasteiger partial charge in [-0.05, 0) is 30.2 Å². The number of amides is 2. The van der Waals surface area contributed by atoms with E-state index in [9.17, 15) is 4.79 Å². The monoisotopic (exact) mass is 458 g/mol. The van der Waals surface area contributed by atoms with Gasteiger partial charge < -0.3 is 14.5 Å². The maximum Gasteiger partial charge on any atom is 0.320 e. The number of hydrogen-bond donors (Lipinski definition) is 1. The third kappa shape index (κ3) is 4.18. The van der Waals surface area contributed by atoms with Crippen molar-refractivity contribution >= 4 is 29.2 Å². The van der Waals surface area contributed by atoms with Crippen molar-refractivity contribution in [3.05, 3.63) is 64.0 Å². The van der Waals surface area contributed by atoms with E-state index in [2.05, 4.69) is 20.4 Å². The van der Waals surface area contributed by atoms with Gasteiger partial charge in [-0.2, -0.15) is 0 Å². The molecule has 0 bridgehead atoms. The summed E-state index contributed by atoms with van der Waals surface area (Å²) in [6, 6.07) is 8.94. The van der Waals surface area contributed by atoms with E-state index in [1.54, 1.807) is 30.6 Å². The molecule has 1 N–H and O–H groups in total. The lowest BCUT2D eigenvalue weighted by Gasteiger charge is -2.41. The summed E-state index contributed by atoms with van der Waals surface area (Å²) in [5.41, 5.74) is 2.08. The highest BCUT2D eigenvalue weighted by molar-refractivity contribution is 6.35. The number of rotatable bonds is 4. The summed E-state index contributed by atoms with van der Waals surface area (Å²) < 4.78 is 5.73. The van der Waals surface area contributed by atoms with E-state index >= 15 is 0 Å². The number of urea groups is 1. The normalized spacial score (nSPS) is 18.8. The molecule has 4 heterocycles. The Labute approximate surface area is 189 Å². The Morgan fingerprint density at radius 3 is 2.61 bits per heavy atom. The van der Waals surface area contributed by atoms with Gasteiger partial charge in [0.25, 0.3) is 0 Å². The fourth-order valence-corrected chi connectivity index (χ4v) is 4.45. The van der Waals surface area contributed by atoms with E-state index in [4.69, 9.17) is 27.9 Å². The number of ether oxygens (including phenoxy) is 1. The van der Waals surface area contributed by atoms with Gasteiger partial charge in [0.2, 0.25) is 5.88 Å². The van der Waals surface area contributed by atoms with Gasteiger partial charge in [-0.15, -0.1) is 5.10 Å². The van der Waals surface area contributed by atoms with Crippen LogP contribution in [0.5, 0.6) is 11.6 Å². The summed E-state index contributed by atoms with van der Waals surface area (Å²) in [6.45, 7) is 2.84. The number of carbonyl (C=O) groups is 1. The largest absolute Gasteiger partial charge is 0.437 e. The molecule has 10 heteroatoms. The average molecular weight is 459 g/mol. The second-order valence-electron chi connectivity index (χ2n) is 7.83. The van der Waals surface area contributed by atoms with Crippen LogP contribution in [-0.2, 0) is 0 Å². The molecule has 160 valence electrons. The van der Waals surface area contributed by atoms with Crippen LogP contribution in [0.25, 0.3) is 0 Å². The molecule has 3 aromatic rings. The second-order valence-corrected chi connectivity index (χ2v) is 8.68. The lowest BCUT2D eigenvalue weighted by Crippen LogP contribution is -2.53. The molecule has 2 aromatic heterocycles. The first-order valence-corrected chi connectivity index (χ1v) is 10.8. The van der Waals surface area contributed by atoms with Crippen LogP contribution >= 0.6 is 23.2 Å². The van der Waals surface area contributed by atoms with Crippen LogP contribution in [0.15, 0.2) is 42.7 Å². The van der Waals surface area contributed by atoms with Gasteiger partial charge in [0.15, 0.2) is 0 Å². The molecule has 0 saturated carbocycles. The summed E-state index contributed by atoms with van der Waals surface area (Å²) in [4.78, 5) is 21.0. The van der Waals surface area contributed by atoms with Crippen LogP contribution in [-0.4, -0.2) is 62.4 Å². The Bertz CT molecular complexity index is 1070. The van der Waals surface area contributed by atoms with Gasteiger partial charge in [0.1, 0.15) is 5.75 Å². The number of nitrogens with one attached hydrogen (secondary N) is 1. The molecule has 1 aromatic carbocycles. The maximum absolute atomic E-state index is 12.8.